The summed E-state index contributed by atoms with van der Waals surface area (Å²) >= 11 is 0. The Bertz CT molecular complexity index is 309. The van der Waals surface area contributed by atoms with Crippen molar-refractivity contribution in [2.24, 2.45) is 0 Å². The Morgan fingerprint density at radius 2 is 1.53 bits per heavy atom. The molecular weight excluding hydrogens is 214 g/mol. The van der Waals surface area contributed by atoms with E-state index in [4.69, 9.17) is 0 Å². The maximum absolute atomic E-state index is 9.31. The zero-order valence-corrected chi connectivity index (χ0v) is 10.7. The number of aliphatic hydroxyl groups excluding tert-OH is 2. The third-order valence-electron chi connectivity index (χ3n) is 3.38. The van der Waals surface area contributed by atoms with E-state index in [1.165, 1.54) is 11.1 Å². The fourth-order valence-electron chi connectivity index (χ4n) is 1.69. The molecule has 0 aromatic heterocycles. The van der Waals surface area contributed by atoms with Crippen LogP contribution in [-0.4, -0.2) is 29.0 Å². The van der Waals surface area contributed by atoms with E-state index >= 15 is 0 Å². The molecule has 1 aromatic rings. The van der Waals surface area contributed by atoms with E-state index in [9.17, 15) is 10.2 Å². The summed E-state index contributed by atoms with van der Waals surface area (Å²) in [6, 6.07) is 8.40. The molecule has 3 N–H and O–H groups in total. The van der Waals surface area contributed by atoms with Crippen LogP contribution in [-0.2, 0) is 13.0 Å². The number of hydrogen-bond acceptors (Lipinski definition) is 3. The summed E-state index contributed by atoms with van der Waals surface area (Å²) in [5.41, 5.74) is 1.92. The van der Waals surface area contributed by atoms with Gasteiger partial charge in [-0.2, -0.15) is 0 Å². The molecule has 96 valence electrons. The molecule has 0 bridgehead atoms. The average molecular weight is 237 g/mol. The van der Waals surface area contributed by atoms with Crippen LogP contribution in [0.1, 0.15) is 31.4 Å². The average Bonchev–Trinajstić information content (AvgIpc) is 2.41. The Kier molecular flexibility index (Phi) is 5.62. The molecule has 0 aliphatic heterocycles. The Hall–Kier alpha value is -0.900. The van der Waals surface area contributed by atoms with Gasteiger partial charge < -0.3 is 15.5 Å². The smallest absolute Gasteiger partial charge is 0.0648 e. The molecule has 0 saturated carbocycles. The molecule has 0 saturated heterocycles. The van der Waals surface area contributed by atoms with Crippen LogP contribution < -0.4 is 5.32 Å². The van der Waals surface area contributed by atoms with Gasteiger partial charge in [0, 0.05) is 6.54 Å². The van der Waals surface area contributed by atoms with Crippen LogP contribution in [0, 0.1) is 0 Å². The molecule has 1 aromatic carbocycles. The van der Waals surface area contributed by atoms with Gasteiger partial charge >= 0.3 is 0 Å². The first-order valence-corrected chi connectivity index (χ1v) is 6.24. The van der Waals surface area contributed by atoms with Crippen LogP contribution >= 0.6 is 0 Å². The molecule has 1 rings (SSSR count). The summed E-state index contributed by atoms with van der Waals surface area (Å²) in [6.45, 7) is 4.66. The summed E-state index contributed by atoms with van der Waals surface area (Å²) in [4.78, 5) is 0. The first-order chi connectivity index (χ1) is 8.19. The second-order valence-corrected chi connectivity index (χ2v) is 4.47. The molecule has 17 heavy (non-hydrogen) atoms. The molecule has 0 aliphatic rings. The lowest BCUT2D eigenvalue weighted by atomic mass is 9.98. The van der Waals surface area contributed by atoms with Crippen molar-refractivity contribution in [3.8, 4) is 0 Å². The van der Waals surface area contributed by atoms with Gasteiger partial charge in [-0.1, -0.05) is 38.1 Å². The van der Waals surface area contributed by atoms with Crippen molar-refractivity contribution in [3.05, 3.63) is 35.4 Å². The summed E-state index contributed by atoms with van der Waals surface area (Å²) < 4.78 is 0. The first kappa shape index (κ1) is 14.2. The van der Waals surface area contributed by atoms with Crippen LogP contribution in [0.5, 0.6) is 0 Å². The minimum atomic E-state index is -0.566. The summed E-state index contributed by atoms with van der Waals surface area (Å²) in [5, 5.41) is 21.9. The third-order valence-corrected chi connectivity index (χ3v) is 3.38. The fourth-order valence-corrected chi connectivity index (χ4v) is 1.69. The van der Waals surface area contributed by atoms with Crippen LogP contribution in [0.25, 0.3) is 0 Å². The standard InChI is InChI=1S/C14H23NO2/c1-3-12-5-7-13(8-6-12)9-15-14(4-2,10-16)11-17/h5-8,15-17H,3-4,9-11H2,1-2H3. The van der Waals surface area contributed by atoms with Gasteiger partial charge in [-0.05, 0) is 24.0 Å². The zero-order valence-electron chi connectivity index (χ0n) is 10.7. The number of aryl methyl sites for hydroxylation is 1. The van der Waals surface area contributed by atoms with E-state index in [1.54, 1.807) is 0 Å². The van der Waals surface area contributed by atoms with Gasteiger partial charge in [-0.3, -0.25) is 0 Å². The van der Waals surface area contributed by atoms with E-state index < -0.39 is 5.54 Å². The van der Waals surface area contributed by atoms with Crippen molar-refractivity contribution in [2.75, 3.05) is 13.2 Å². The van der Waals surface area contributed by atoms with Gasteiger partial charge in [0.15, 0.2) is 0 Å². The van der Waals surface area contributed by atoms with E-state index in [0.717, 1.165) is 6.42 Å². The minimum Gasteiger partial charge on any atom is -0.394 e. The number of nitrogens with one attached hydrogen (secondary N) is 1. The molecule has 0 atom stereocenters. The van der Waals surface area contributed by atoms with Gasteiger partial charge in [0.25, 0.3) is 0 Å². The lowest BCUT2D eigenvalue weighted by molar-refractivity contribution is 0.0864. The predicted molar refractivity (Wildman–Crippen MR) is 69.9 cm³/mol. The summed E-state index contributed by atoms with van der Waals surface area (Å²) in [6.07, 6.45) is 1.74. The number of hydrogen-bond donors (Lipinski definition) is 3. The quantitative estimate of drug-likeness (QED) is 0.673. The van der Waals surface area contributed by atoms with Crippen molar-refractivity contribution in [1.29, 1.82) is 0 Å². The molecule has 3 heteroatoms. The van der Waals surface area contributed by atoms with E-state index in [0.29, 0.717) is 13.0 Å². The highest BCUT2D eigenvalue weighted by Gasteiger charge is 2.25. The van der Waals surface area contributed by atoms with Gasteiger partial charge in [0.1, 0.15) is 0 Å². The first-order valence-electron chi connectivity index (χ1n) is 6.24. The minimum absolute atomic E-state index is 0.0486. The number of aliphatic hydroxyl groups is 2. The van der Waals surface area contributed by atoms with Crippen molar-refractivity contribution in [3.63, 3.8) is 0 Å². The van der Waals surface area contributed by atoms with Gasteiger partial charge in [0.05, 0.1) is 18.8 Å². The number of rotatable bonds is 7. The highest BCUT2D eigenvalue weighted by atomic mass is 16.3. The Morgan fingerprint density at radius 1 is 1.00 bits per heavy atom. The molecule has 0 radical (unpaired) electrons. The normalized spacial score (nSPS) is 11.8. The third kappa shape index (κ3) is 3.80. The van der Waals surface area contributed by atoms with Crippen LogP contribution in [0.3, 0.4) is 0 Å². The molecular formula is C14H23NO2. The predicted octanol–water partition coefficient (Wildman–Crippen LogP) is 1.47. The number of benzene rings is 1. The highest BCUT2D eigenvalue weighted by molar-refractivity contribution is 5.22. The zero-order chi connectivity index (χ0) is 12.7. The van der Waals surface area contributed by atoms with Crippen molar-refractivity contribution in [2.45, 2.75) is 38.8 Å². The van der Waals surface area contributed by atoms with Crippen LogP contribution in [0.2, 0.25) is 0 Å². The van der Waals surface area contributed by atoms with Crippen molar-refractivity contribution >= 4 is 0 Å². The van der Waals surface area contributed by atoms with Gasteiger partial charge in [-0.15, -0.1) is 0 Å². The maximum Gasteiger partial charge on any atom is 0.0648 e. The second-order valence-electron chi connectivity index (χ2n) is 4.47. The second kappa shape index (κ2) is 6.74. The van der Waals surface area contributed by atoms with Crippen molar-refractivity contribution in [1.82, 2.24) is 5.32 Å². The largest absolute Gasteiger partial charge is 0.394 e. The molecule has 0 amide bonds. The Morgan fingerprint density at radius 3 is 1.94 bits per heavy atom. The van der Waals surface area contributed by atoms with E-state index in [2.05, 4.69) is 36.5 Å². The van der Waals surface area contributed by atoms with E-state index in [-0.39, 0.29) is 13.2 Å². The Labute approximate surface area is 103 Å². The molecule has 0 spiro atoms. The van der Waals surface area contributed by atoms with Gasteiger partial charge in [-0.25, -0.2) is 0 Å². The topological polar surface area (TPSA) is 52.5 Å². The molecule has 0 heterocycles. The molecule has 3 nitrogen and oxygen atoms in total. The van der Waals surface area contributed by atoms with E-state index in [1.807, 2.05) is 6.92 Å². The van der Waals surface area contributed by atoms with Crippen LogP contribution in [0.15, 0.2) is 24.3 Å². The fraction of sp³-hybridized carbons (Fsp3) is 0.571. The highest BCUT2D eigenvalue weighted by Crippen LogP contribution is 2.11. The maximum atomic E-state index is 9.31. The lowest BCUT2D eigenvalue weighted by Crippen LogP contribution is -2.50. The Balaban J connectivity index is 2.59. The lowest BCUT2D eigenvalue weighted by Gasteiger charge is -2.30. The molecule has 0 fully saturated rings. The van der Waals surface area contributed by atoms with Crippen LogP contribution in [0.4, 0.5) is 0 Å². The molecule has 0 aliphatic carbocycles. The van der Waals surface area contributed by atoms with Crippen molar-refractivity contribution < 1.29 is 10.2 Å². The summed E-state index contributed by atoms with van der Waals surface area (Å²) in [7, 11) is 0. The molecule has 0 unspecified atom stereocenters. The SMILES string of the molecule is CCc1ccc(CNC(CC)(CO)CO)cc1. The van der Waals surface area contributed by atoms with Gasteiger partial charge in [0.2, 0.25) is 0 Å². The summed E-state index contributed by atoms with van der Waals surface area (Å²) in [5.74, 6) is 0. The monoisotopic (exact) mass is 237 g/mol.